The Bertz CT molecular complexity index is 729. The first kappa shape index (κ1) is 17.0. The van der Waals surface area contributed by atoms with Crippen LogP contribution in [0.2, 0.25) is 5.02 Å². The highest BCUT2D eigenvalue weighted by Crippen LogP contribution is 2.37. The summed E-state index contributed by atoms with van der Waals surface area (Å²) in [6.45, 7) is 0.331. The number of hydrogen-bond acceptors (Lipinski definition) is 6. The molecular weight excluding hydrogens is 347 g/mol. The fourth-order valence-electron chi connectivity index (χ4n) is 2.35. The third kappa shape index (κ3) is 3.46. The van der Waals surface area contributed by atoms with E-state index >= 15 is 0 Å². The molecule has 10 heteroatoms. The second kappa shape index (κ2) is 6.21. The molecule has 0 unspecified atom stereocenters. The molecule has 0 aliphatic heterocycles. The van der Waals surface area contributed by atoms with E-state index in [0.29, 0.717) is 24.7 Å². The maximum absolute atomic E-state index is 12.5. The normalized spacial score (nSPS) is 16.7. The number of nitrogens with zero attached hydrogens (tertiary/aromatic N) is 3. The van der Waals surface area contributed by atoms with Gasteiger partial charge in [0.15, 0.2) is 5.82 Å². The Kier molecular flexibility index (Phi) is 4.39. The van der Waals surface area contributed by atoms with Gasteiger partial charge in [0, 0.05) is 19.2 Å². The first-order valence-electron chi connectivity index (χ1n) is 7.36. The number of alkyl halides is 3. The largest absolute Gasteiger partial charge is 0.417 e. The van der Waals surface area contributed by atoms with Crippen LogP contribution in [0.15, 0.2) is 16.8 Å². The Labute approximate surface area is 140 Å². The second-order valence-corrected chi connectivity index (χ2v) is 6.16. The Morgan fingerprint density at radius 1 is 1.38 bits per heavy atom. The number of halogens is 4. The van der Waals surface area contributed by atoms with Gasteiger partial charge in [-0.1, -0.05) is 16.8 Å². The van der Waals surface area contributed by atoms with Gasteiger partial charge in [0.2, 0.25) is 5.89 Å². The summed E-state index contributed by atoms with van der Waals surface area (Å²) < 4.78 is 42.8. The topological polar surface area (TPSA) is 89.9 Å². The van der Waals surface area contributed by atoms with E-state index in [1.807, 2.05) is 0 Å². The molecule has 1 aliphatic rings. The van der Waals surface area contributed by atoms with Gasteiger partial charge in [0.05, 0.1) is 16.1 Å². The minimum Gasteiger partial charge on any atom is -0.368 e. The first-order chi connectivity index (χ1) is 11.3. The molecule has 1 fully saturated rings. The van der Waals surface area contributed by atoms with Crippen LogP contribution in [0.1, 0.15) is 36.5 Å². The van der Waals surface area contributed by atoms with Gasteiger partial charge in [-0.3, -0.25) is 0 Å². The summed E-state index contributed by atoms with van der Waals surface area (Å²) >= 11 is 5.81. The van der Waals surface area contributed by atoms with Gasteiger partial charge in [-0.05, 0) is 25.3 Å². The van der Waals surface area contributed by atoms with Gasteiger partial charge < -0.3 is 15.6 Å². The van der Waals surface area contributed by atoms with E-state index in [1.165, 1.54) is 0 Å². The van der Waals surface area contributed by atoms with E-state index < -0.39 is 17.3 Å². The number of anilines is 1. The molecule has 3 N–H and O–H groups in total. The summed E-state index contributed by atoms with van der Waals surface area (Å²) in [7, 11) is 0. The van der Waals surface area contributed by atoms with E-state index in [9.17, 15) is 13.2 Å². The average molecular weight is 362 g/mol. The van der Waals surface area contributed by atoms with Gasteiger partial charge in [0.1, 0.15) is 5.82 Å². The van der Waals surface area contributed by atoms with Gasteiger partial charge in [-0.15, -0.1) is 0 Å². The summed E-state index contributed by atoms with van der Waals surface area (Å²) in [4.78, 5) is 7.95. The fraction of sp³-hybridized carbons (Fsp3) is 0.500. The lowest BCUT2D eigenvalue weighted by atomic mass is 9.77. The molecule has 24 heavy (non-hydrogen) atoms. The van der Waals surface area contributed by atoms with Crippen LogP contribution in [-0.4, -0.2) is 21.7 Å². The van der Waals surface area contributed by atoms with Crippen LogP contribution in [0.4, 0.5) is 19.0 Å². The second-order valence-electron chi connectivity index (χ2n) is 5.75. The maximum atomic E-state index is 12.5. The molecule has 3 rings (SSSR count). The van der Waals surface area contributed by atoms with Crippen molar-refractivity contribution in [3.05, 3.63) is 34.6 Å². The molecule has 0 amide bonds. The molecule has 2 aromatic heterocycles. The third-order valence-electron chi connectivity index (χ3n) is 3.96. The summed E-state index contributed by atoms with van der Waals surface area (Å²) in [5, 5.41) is 6.63. The molecule has 1 aliphatic carbocycles. The van der Waals surface area contributed by atoms with Crippen molar-refractivity contribution in [2.45, 2.75) is 37.4 Å². The van der Waals surface area contributed by atoms with Crippen LogP contribution >= 0.6 is 11.6 Å². The number of pyridine rings is 1. The monoisotopic (exact) mass is 361 g/mol. The third-order valence-corrected chi connectivity index (χ3v) is 4.25. The number of nitrogens with two attached hydrogens (primary N) is 1. The van der Waals surface area contributed by atoms with Crippen molar-refractivity contribution in [2.24, 2.45) is 5.73 Å². The minimum atomic E-state index is -4.48. The van der Waals surface area contributed by atoms with E-state index in [2.05, 4.69) is 20.4 Å². The van der Waals surface area contributed by atoms with Crippen molar-refractivity contribution in [1.29, 1.82) is 0 Å². The number of nitrogens with one attached hydrogen (secondary N) is 1. The molecule has 0 atom stereocenters. The van der Waals surface area contributed by atoms with Crippen LogP contribution in [0.3, 0.4) is 0 Å². The zero-order valence-corrected chi connectivity index (χ0v) is 13.3. The molecule has 0 saturated heterocycles. The highest BCUT2D eigenvalue weighted by Gasteiger charge is 2.38. The molecule has 0 bridgehead atoms. The van der Waals surface area contributed by atoms with Gasteiger partial charge in [-0.2, -0.15) is 18.2 Å². The lowest BCUT2D eigenvalue weighted by molar-refractivity contribution is -0.137. The predicted octanol–water partition coefficient (Wildman–Crippen LogP) is 3.13. The minimum absolute atomic E-state index is 0.105. The quantitative estimate of drug-likeness (QED) is 0.850. The standard InChI is InChI=1S/C14H15ClF3N5O/c15-9-6-8(14(16,17)18)7-21-11(9)20-5-2-10-22-12(23-24-10)13(19)3-1-4-13/h6-7H,1-5,19H2,(H,20,21). The molecule has 2 heterocycles. The molecular formula is C14H15ClF3N5O. The Morgan fingerprint density at radius 2 is 2.12 bits per heavy atom. The molecule has 1 saturated carbocycles. The molecule has 0 radical (unpaired) electrons. The van der Waals surface area contributed by atoms with E-state index in [-0.39, 0.29) is 10.8 Å². The van der Waals surface area contributed by atoms with Gasteiger partial charge >= 0.3 is 6.18 Å². The zero-order chi connectivity index (χ0) is 17.4. The molecule has 130 valence electrons. The first-order valence-corrected chi connectivity index (χ1v) is 7.74. The summed E-state index contributed by atoms with van der Waals surface area (Å²) in [5.74, 6) is 1.06. The van der Waals surface area contributed by atoms with Crippen LogP contribution in [-0.2, 0) is 18.1 Å². The highest BCUT2D eigenvalue weighted by atomic mass is 35.5. The van der Waals surface area contributed by atoms with Crippen LogP contribution < -0.4 is 11.1 Å². The SMILES string of the molecule is NC1(c2noc(CCNc3ncc(C(F)(F)F)cc3Cl)n2)CCC1. The van der Waals surface area contributed by atoms with Crippen molar-refractivity contribution in [1.82, 2.24) is 15.1 Å². The summed E-state index contributed by atoms with van der Waals surface area (Å²) in [6.07, 6.45) is -0.671. The molecule has 6 nitrogen and oxygen atoms in total. The van der Waals surface area contributed by atoms with Crippen molar-refractivity contribution >= 4 is 17.4 Å². The van der Waals surface area contributed by atoms with Crippen molar-refractivity contribution in [3.63, 3.8) is 0 Å². The van der Waals surface area contributed by atoms with E-state index in [0.717, 1.165) is 31.5 Å². The average Bonchev–Trinajstić information content (AvgIpc) is 2.94. The lowest BCUT2D eigenvalue weighted by Crippen LogP contribution is -2.44. The van der Waals surface area contributed by atoms with E-state index in [1.54, 1.807) is 0 Å². The number of hydrogen-bond donors (Lipinski definition) is 2. The maximum Gasteiger partial charge on any atom is 0.417 e. The summed E-state index contributed by atoms with van der Waals surface area (Å²) in [6, 6.07) is 0.830. The van der Waals surface area contributed by atoms with Crippen LogP contribution in [0, 0.1) is 0 Å². The highest BCUT2D eigenvalue weighted by molar-refractivity contribution is 6.32. The molecule has 0 spiro atoms. The van der Waals surface area contributed by atoms with Crippen LogP contribution in [0.5, 0.6) is 0 Å². The number of rotatable bonds is 5. The fourth-order valence-corrected chi connectivity index (χ4v) is 2.58. The van der Waals surface area contributed by atoms with Crippen molar-refractivity contribution in [3.8, 4) is 0 Å². The van der Waals surface area contributed by atoms with Gasteiger partial charge in [-0.25, -0.2) is 4.98 Å². The van der Waals surface area contributed by atoms with Crippen molar-refractivity contribution in [2.75, 3.05) is 11.9 Å². The predicted molar refractivity (Wildman–Crippen MR) is 80.5 cm³/mol. The van der Waals surface area contributed by atoms with E-state index in [4.69, 9.17) is 21.9 Å². The Morgan fingerprint density at radius 3 is 2.71 bits per heavy atom. The lowest BCUT2D eigenvalue weighted by Gasteiger charge is -2.34. The summed E-state index contributed by atoms with van der Waals surface area (Å²) in [5.41, 5.74) is 4.72. The Balaban J connectivity index is 1.57. The van der Waals surface area contributed by atoms with Crippen molar-refractivity contribution < 1.29 is 17.7 Å². The Hall–Kier alpha value is -1.87. The number of aromatic nitrogens is 3. The molecule has 0 aromatic carbocycles. The molecule has 2 aromatic rings. The van der Waals surface area contributed by atoms with Crippen LogP contribution in [0.25, 0.3) is 0 Å². The van der Waals surface area contributed by atoms with Gasteiger partial charge in [0.25, 0.3) is 0 Å². The smallest absolute Gasteiger partial charge is 0.368 e. The zero-order valence-electron chi connectivity index (χ0n) is 12.5.